The Morgan fingerprint density at radius 1 is 1.33 bits per heavy atom. The van der Waals surface area contributed by atoms with E-state index in [1.807, 2.05) is 0 Å². The number of hydrogen-bond donors (Lipinski definition) is 1. The van der Waals surface area contributed by atoms with Crippen molar-refractivity contribution in [2.75, 3.05) is 39.9 Å². The zero-order valence-corrected chi connectivity index (χ0v) is 14.7. The second-order valence-electron chi connectivity index (χ2n) is 8.16. The Labute approximate surface area is 131 Å². The molecule has 2 rings (SSSR count). The lowest BCUT2D eigenvalue weighted by molar-refractivity contribution is 0.0667. The number of nitrogens with zero attached hydrogens (tertiary/aromatic N) is 1. The van der Waals surface area contributed by atoms with Crippen LogP contribution in [0.1, 0.15) is 52.9 Å². The first kappa shape index (κ1) is 17.2. The Morgan fingerprint density at radius 2 is 2.14 bits per heavy atom. The number of likely N-dealkylation sites (N-methyl/N-ethyl adjacent to an activating group) is 1. The van der Waals surface area contributed by atoms with Gasteiger partial charge in [0.2, 0.25) is 0 Å². The Morgan fingerprint density at radius 3 is 2.76 bits per heavy atom. The monoisotopic (exact) mass is 296 g/mol. The molecule has 2 fully saturated rings. The van der Waals surface area contributed by atoms with Crippen LogP contribution in [0.4, 0.5) is 0 Å². The third-order valence-corrected chi connectivity index (χ3v) is 5.35. The highest BCUT2D eigenvalue weighted by Crippen LogP contribution is 2.40. The summed E-state index contributed by atoms with van der Waals surface area (Å²) in [5, 5.41) is 3.75. The minimum absolute atomic E-state index is 0.476. The number of nitrogens with one attached hydrogen (secondary N) is 1. The molecule has 1 aliphatic heterocycles. The van der Waals surface area contributed by atoms with Crippen LogP contribution in [0, 0.1) is 17.3 Å². The lowest BCUT2D eigenvalue weighted by atomic mass is 9.69. The molecule has 1 saturated carbocycles. The van der Waals surface area contributed by atoms with Crippen LogP contribution >= 0.6 is 0 Å². The highest BCUT2D eigenvalue weighted by atomic mass is 16.5. The van der Waals surface area contributed by atoms with Crippen molar-refractivity contribution in [1.82, 2.24) is 10.2 Å². The minimum Gasteiger partial charge on any atom is -0.380 e. The lowest BCUT2D eigenvalue weighted by Gasteiger charge is -2.44. The Bertz CT molecular complexity index is 302. The fraction of sp³-hybridized carbons (Fsp3) is 1.00. The van der Waals surface area contributed by atoms with E-state index in [1.165, 1.54) is 45.2 Å². The molecule has 0 aromatic carbocycles. The molecule has 0 spiro atoms. The van der Waals surface area contributed by atoms with E-state index in [-0.39, 0.29) is 0 Å². The molecule has 3 heteroatoms. The number of hydrogen-bond acceptors (Lipinski definition) is 3. The SMILES string of the molecule is CC(C)CNCC1(CN(C)C2CCOC2)CCCC(C)C1. The topological polar surface area (TPSA) is 24.5 Å². The predicted molar refractivity (Wildman–Crippen MR) is 89.6 cm³/mol. The molecule has 1 saturated heterocycles. The number of rotatable bonds is 7. The van der Waals surface area contributed by atoms with Crippen LogP contribution in [0.15, 0.2) is 0 Å². The summed E-state index contributed by atoms with van der Waals surface area (Å²) in [6, 6.07) is 0.643. The van der Waals surface area contributed by atoms with Gasteiger partial charge >= 0.3 is 0 Å². The smallest absolute Gasteiger partial charge is 0.0622 e. The Hall–Kier alpha value is -0.120. The van der Waals surface area contributed by atoms with Crippen LogP contribution < -0.4 is 5.32 Å². The van der Waals surface area contributed by atoms with Crippen molar-refractivity contribution in [2.24, 2.45) is 17.3 Å². The van der Waals surface area contributed by atoms with E-state index in [4.69, 9.17) is 4.74 Å². The molecule has 1 N–H and O–H groups in total. The molecular formula is C18H36N2O. The van der Waals surface area contributed by atoms with E-state index in [0.29, 0.717) is 11.5 Å². The van der Waals surface area contributed by atoms with Crippen LogP contribution in [0.2, 0.25) is 0 Å². The van der Waals surface area contributed by atoms with Crippen molar-refractivity contribution >= 4 is 0 Å². The summed E-state index contributed by atoms with van der Waals surface area (Å²) in [7, 11) is 2.31. The summed E-state index contributed by atoms with van der Waals surface area (Å²) in [6.45, 7) is 12.5. The molecule has 3 unspecified atom stereocenters. The number of ether oxygens (including phenoxy) is 1. The van der Waals surface area contributed by atoms with Gasteiger partial charge in [0.1, 0.15) is 0 Å². The van der Waals surface area contributed by atoms with Gasteiger partial charge in [-0.15, -0.1) is 0 Å². The molecule has 0 aromatic heterocycles. The van der Waals surface area contributed by atoms with Crippen molar-refractivity contribution in [3.8, 4) is 0 Å². The molecule has 1 aliphatic carbocycles. The van der Waals surface area contributed by atoms with Crippen molar-refractivity contribution in [3.05, 3.63) is 0 Å². The zero-order valence-electron chi connectivity index (χ0n) is 14.7. The van der Waals surface area contributed by atoms with Crippen LogP contribution in [-0.2, 0) is 4.74 Å². The molecule has 3 nitrogen and oxygen atoms in total. The standard InChI is InChI=1S/C18H36N2O/c1-15(2)11-19-13-18(8-5-6-16(3)10-18)14-20(4)17-7-9-21-12-17/h15-17,19H,5-14H2,1-4H3. The molecule has 21 heavy (non-hydrogen) atoms. The maximum absolute atomic E-state index is 5.58. The average molecular weight is 296 g/mol. The molecular weight excluding hydrogens is 260 g/mol. The summed E-state index contributed by atoms with van der Waals surface area (Å²) < 4.78 is 5.58. The summed E-state index contributed by atoms with van der Waals surface area (Å²) in [6.07, 6.45) is 6.81. The van der Waals surface area contributed by atoms with Crippen molar-refractivity contribution in [3.63, 3.8) is 0 Å². The largest absolute Gasteiger partial charge is 0.380 e. The molecule has 2 aliphatic rings. The molecule has 3 atom stereocenters. The summed E-state index contributed by atoms with van der Waals surface area (Å²) in [5.41, 5.74) is 0.476. The van der Waals surface area contributed by atoms with Gasteiger partial charge in [0.25, 0.3) is 0 Å². The van der Waals surface area contributed by atoms with Gasteiger partial charge in [-0.2, -0.15) is 0 Å². The highest BCUT2D eigenvalue weighted by molar-refractivity contribution is 4.91. The molecule has 0 amide bonds. The van der Waals surface area contributed by atoms with E-state index >= 15 is 0 Å². The van der Waals surface area contributed by atoms with E-state index in [2.05, 4.69) is 38.0 Å². The molecule has 1 heterocycles. The minimum atomic E-state index is 0.476. The third kappa shape index (κ3) is 5.22. The zero-order chi connectivity index (χ0) is 15.3. The van der Waals surface area contributed by atoms with Crippen molar-refractivity contribution < 1.29 is 4.74 Å². The van der Waals surface area contributed by atoms with Gasteiger partial charge in [0, 0.05) is 25.7 Å². The molecule has 0 bridgehead atoms. The van der Waals surface area contributed by atoms with Crippen LogP contribution in [-0.4, -0.2) is 50.8 Å². The average Bonchev–Trinajstić information content (AvgIpc) is 2.91. The predicted octanol–water partition coefficient (Wildman–Crippen LogP) is 3.15. The first-order valence-corrected chi connectivity index (χ1v) is 8.99. The van der Waals surface area contributed by atoms with Crippen molar-refractivity contribution in [2.45, 2.75) is 58.9 Å². The summed E-state index contributed by atoms with van der Waals surface area (Å²) in [4.78, 5) is 2.59. The van der Waals surface area contributed by atoms with E-state index in [0.717, 1.165) is 31.6 Å². The second kappa shape index (κ2) is 7.94. The van der Waals surface area contributed by atoms with E-state index < -0.39 is 0 Å². The van der Waals surface area contributed by atoms with Gasteiger partial charge in [-0.25, -0.2) is 0 Å². The first-order valence-electron chi connectivity index (χ1n) is 8.99. The molecule has 0 aromatic rings. The van der Waals surface area contributed by atoms with Gasteiger partial charge in [-0.1, -0.05) is 33.6 Å². The maximum Gasteiger partial charge on any atom is 0.0622 e. The normalized spacial score (nSPS) is 34.0. The third-order valence-electron chi connectivity index (χ3n) is 5.35. The van der Waals surface area contributed by atoms with Crippen molar-refractivity contribution in [1.29, 1.82) is 0 Å². The molecule has 0 radical (unpaired) electrons. The quantitative estimate of drug-likeness (QED) is 0.781. The van der Waals surface area contributed by atoms with E-state index in [1.54, 1.807) is 0 Å². The summed E-state index contributed by atoms with van der Waals surface area (Å²) >= 11 is 0. The van der Waals surface area contributed by atoms with Gasteiger partial charge in [0.05, 0.1) is 6.61 Å². The van der Waals surface area contributed by atoms with Gasteiger partial charge in [-0.3, -0.25) is 0 Å². The van der Waals surface area contributed by atoms with Gasteiger partial charge in [0.15, 0.2) is 0 Å². The first-order chi connectivity index (χ1) is 10.0. The van der Waals surface area contributed by atoms with Crippen LogP contribution in [0.3, 0.4) is 0 Å². The Kier molecular flexibility index (Phi) is 6.51. The van der Waals surface area contributed by atoms with Crippen LogP contribution in [0.5, 0.6) is 0 Å². The van der Waals surface area contributed by atoms with Crippen LogP contribution in [0.25, 0.3) is 0 Å². The molecule has 124 valence electrons. The van der Waals surface area contributed by atoms with Gasteiger partial charge in [-0.05, 0) is 50.1 Å². The fourth-order valence-electron chi connectivity index (χ4n) is 4.28. The van der Waals surface area contributed by atoms with E-state index in [9.17, 15) is 0 Å². The lowest BCUT2D eigenvalue weighted by Crippen LogP contribution is -2.48. The summed E-state index contributed by atoms with van der Waals surface area (Å²) in [5.74, 6) is 1.62. The highest BCUT2D eigenvalue weighted by Gasteiger charge is 2.37. The fourth-order valence-corrected chi connectivity index (χ4v) is 4.28. The van der Waals surface area contributed by atoms with Gasteiger partial charge < -0.3 is 15.0 Å². The maximum atomic E-state index is 5.58. The second-order valence-corrected chi connectivity index (χ2v) is 8.16. The Balaban J connectivity index is 1.93.